The van der Waals surface area contributed by atoms with Crippen molar-refractivity contribution >= 4 is 23.2 Å². The molecule has 1 aromatic carbocycles. The minimum absolute atomic E-state index is 0.0171. The quantitative estimate of drug-likeness (QED) is 0.865. The number of halogens is 1. The zero-order chi connectivity index (χ0) is 13.5. The van der Waals surface area contributed by atoms with E-state index in [0.717, 1.165) is 0 Å². The summed E-state index contributed by atoms with van der Waals surface area (Å²) in [6.45, 7) is 4.75. The van der Waals surface area contributed by atoms with E-state index in [2.05, 4.69) is 19.2 Å². The molecule has 1 N–H and O–H groups in total. The van der Waals surface area contributed by atoms with Crippen LogP contribution in [-0.4, -0.2) is 26.2 Å². The Labute approximate surface area is 112 Å². The van der Waals surface area contributed by atoms with Gasteiger partial charge in [0.1, 0.15) is 12.4 Å². The number of carbonyl (C=O) groups excluding carboxylic acids is 1. The summed E-state index contributed by atoms with van der Waals surface area (Å²) in [6.07, 6.45) is 0. The van der Waals surface area contributed by atoms with Gasteiger partial charge in [0.15, 0.2) is 0 Å². The SMILES string of the molecule is COCC(=O)Nc1ccc(OCC(C)C)c(Cl)c1. The van der Waals surface area contributed by atoms with Crippen molar-refractivity contribution in [2.24, 2.45) is 5.92 Å². The number of nitrogens with one attached hydrogen (secondary N) is 1. The number of carbonyl (C=O) groups is 1. The van der Waals surface area contributed by atoms with Crippen LogP contribution < -0.4 is 10.1 Å². The molecule has 0 saturated carbocycles. The van der Waals surface area contributed by atoms with Crippen LogP contribution in [0, 0.1) is 5.92 Å². The van der Waals surface area contributed by atoms with Crippen LogP contribution >= 0.6 is 11.6 Å². The van der Waals surface area contributed by atoms with Gasteiger partial charge in [-0.1, -0.05) is 25.4 Å². The van der Waals surface area contributed by atoms with E-state index in [-0.39, 0.29) is 12.5 Å². The molecule has 1 rings (SSSR count). The molecule has 1 aromatic rings. The summed E-state index contributed by atoms with van der Waals surface area (Å²) < 4.78 is 10.3. The minimum atomic E-state index is -0.218. The van der Waals surface area contributed by atoms with E-state index >= 15 is 0 Å². The number of benzene rings is 1. The molecule has 0 heterocycles. The van der Waals surface area contributed by atoms with Crippen molar-refractivity contribution in [3.05, 3.63) is 23.2 Å². The van der Waals surface area contributed by atoms with E-state index in [1.807, 2.05) is 0 Å². The Hall–Kier alpha value is -1.26. The van der Waals surface area contributed by atoms with Crippen LogP contribution in [0.15, 0.2) is 18.2 Å². The van der Waals surface area contributed by atoms with E-state index in [0.29, 0.717) is 29.0 Å². The first-order valence-electron chi connectivity index (χ1n) is 5.74. The Morgan fingerprint density at radius 3 is 2.72 bits per heavy atom. The molecule has 0 aliphatic heterocycles. The molecule has 0 unspecified atom stereocenters. The van der Waals surface area contributed by atoms with Crippen molar-refractivity contribution in [3.8, 4) is 5.75 Å². The first-order chi connectivity index (χ1) is 8.52. The van der Waals surface area contributed by atoms with Gasteiger partial charge < -0.3 is 14.8 Å². The molecule has 0 aliphatic rings. The summed E-state index contributed by atoms with van der Waals surface area (Å²) in [5, 5.41) is 3.15. The normalized spacial score (nSPS) is 10.5. The fourth-order valence-corrected chi connectivity index (χ4v) is 1.52. The van der Waals surface area contributed by atoms with E-state index in [1.54, 1.807) is 18.2 Å². The van der Waals surface area contributed by atoms with E-state index in [1.165, 1.54) is 7.11 Å². The number of amides is 1. The van der Waals surface area contributed by atoms with Gasteiger partial charge in [-0.25, -0.2) is 0 Å². The minimum Gasteiger partial charge on any atom is -0.492 e. The number of rotatable bonds is 6. The molecular weight excluding hydrogens is 254 g/mol. The summed E-state index contributed by atoms with van der Waals surface area (Å²) in [5.74, 6) is 0.835. The van der Waals surface area contributed by atoms with Crippen LogP contribution in [-0.2, 0) is 9.53 Å². The van der Waals surface area contributed by atoms with Gasteiger partial charge in [-0.3, -0.25) is 4.79 Å². The van der Waals surface area contributed by atoms with Crippen molar-refractivity contribution in [3.63, 3.8) is 0 Å². The number of hydrogen-bond acceptors (Lipinski definition) is 3. The molecule has 0 aliphatic carbocycles. The molecule has 4 nitrogen and oxygen atoms in total. The molecule has 0 saturated heterocycles. The molecule has 0 atom stereocenters. The third kappa shape index (κ3) is 4.94. The van der Waals surface area contributed by atoms with Gasteiger partial charge in [0.05, 0.1) is 11.6 Å². The molecule has 1 amide bonds. The molecule has 100 valence electrons. The van der Waals surface area contributed by atoms with Gasteiger partial charge in [-0.2, -0.15) is 0 Å². The fraction of sp³-hybridized carbons (Fsp3) is 0.462. The van der Waals surface area contributed by atoms with Gasteiger partial charge in [0.25, 0.3) is 0 Å². The number of ether oxygens (including phenoxy) is 2. The summed E-state index contributed by atoms with van der Waals surface area (Å²) in [7, 11) is 1.47. The van der Waals surface area contributed by atoms with E-state index in [9.17, 15) is 4.79 Å². The lowest BCUT2D eigenvalue weighted by Crippen LogP contribution is -2.17. The maximum absolute atomic E-state index is 11.3. The van der Waals surface area contributed by atoms with Gasteiger partial charge in [-0.15, -0.1) is 0 Å². The Kier molecular flexibility index (Phi) is 5.95. The molecule has 0 spiro atoms. The van der Waals surface area contributed by atoms with E-state index in [4.69, 9.17) is 21.1 Å². The molecule has 18 heavy (non-hydrogen) atoms. The molecule has 5 heteroatoms. The standard InChI is InChI=1S/C13H18ClNO3/c1-9(2)7-18-12-5-4-10(6-11(12)14)15-13(16)8-17-3/h4-6,9H,7-8H2,1-3H3,(H,15,16). The zero-order valence-electron chi connectivity index (χ0n) is 10.8. The number of hydrogen-bond donors (Lipinski definition) is 1. The van der Waals surface area contributed by atoms with Crippen molar-refractivity contribution in [2.75, 3.05) is 25.6 Å². The lowest BCUT2D eigenvalue weighted by atomic mass is 10.2. The maximum Gasteiger partial charge on any atom is 0.250 e. The van der Waals surface area contributed by atoms with Gasteiger partial charge >= 0.3 is 0 Å². The Bertz CT molecular complexity index is 407. The second kappa shape index (κ2) is 7.24. The average Bonchev–Trinajstić information content (AvgIpc) is 2.28. The number of anilines is 1. The van der Waals surface area contributed by atoms with Crippen LogP contribution in [0.1, 0.15) is 13.8 Å². The molecule has 0 fully saturated rings. The van der Waals surface area contributed by atoms with Crippen LogP contribution in [0.2, 0.25) is 5.02 Å². The summed E-state index contributed by atoms with van der Waals surface area (Å²) >= 11 is 6.07. The fourth-order valence-electron chi connectivity index (χ4n) is 1.28. The summed E-state index contributed by atoms with van der Waals surface area (Å²) in [6, 6.07) is 5.15. The molecule has 0 bridgehead atoms. The average molecular weight is 272 g/mol. The third-order valence-electron chi connectivity index (χ3n) is 2.06. The highest BCUT2D eigenvalue weighted by Gasteiger charge is 2.06. The second-order valence-electron chi connectivity index (χ2n) is 4.33. The van der Waals surface area contributed by atoms with Gasteiger partial charge in [0.2, 0.25) is 5.91 Å². The van der Waals surface area contributed by atoms with Crippen LogP contribution in [0.5, 0.6) is 5.75 Å². The lowest BCUT2D eigenvalue weighted by Gasteiger charge is -2.11. The molecule has 0 aromatic heterocycles. The highest BCUT2D eigenvalue weighted by atomic mass is 35.5. The predicted octanol–water partition coefficient (Wildman–Crippen LogP) is 2.96. The van der Waals surface area contributed by atoms with Crippen LogP contribution in [0.25, 0.3) is 0 Å². The lowest BCUT2D eigenvalue weighted by molar-refractivity contribution is -0.119. The monoisotopic (exact) mass is 271 g/mol. The largest absolute Gasteiger partial charge is 0.492 e. The second-order valence-corrected chi connectivity index (χ2v) is 4.74. The first-order valence-corrected chi connectivity index (χ1v) is 6.12. The summed E-state index contributed by atoms with van der Waals surface area (Å²) in [4.78, 5) is 11.3. The molecule has 0 radical (unpaired) electrons. The third-order valence-corrected chi connectivity index (χ3v) is 2.36. The highest BCUT2D eigenvalue weighted by molar-refractivity contribution is 6.32. The van der Waals surface area contributed by atoms with E-state index < -0.39 is 0 Å². The smallest absolute Gasteiger partial charge is 0.250 e. The predicted molar refractivity (Wildman–Crippen MR) is 72.3 cm³/mol. The van der Waals surface area contributed by atoms with Crippen LogP contribution in [0.4, 0.5) is 5.69 Å². The van der Waals surface area contributed by atoms with Gasteiger partial charge in [0, 0.05) is 12.8 Å². The van der Waals surface area contributed by atoms with Crippen molar-refractivity contribution in [2.45, 2.75) is 13.8 Å². The van der Waals surface area contributed by atoms with Crippen molar-refractivity contribution < 1.29 is 14.3 Å². The van der Waals surface area contributed by atoms with Gasteiger partial charge in [-0.05, 0) is 24.1 Å². The summed E-state index contributed by atoms with van der Waals surface area (Å²) in [5.41, 5.74) is 0.624. The Balaban J connectivity index is 2.64. The Morgan fingerprint density at radius 2 is 2.17 bits per heavy atom. The van der Waals surface area contributed by atoms with Crippen molar-refractivity contribution in [1.29, 1.82) is 0 Å². The maximum atomic E-state index is 11.3. The molecular formula is C13H18ClNO3. The topological polar surface area (TPSA) is 47.6 Å². The number of methoxy groups -OCH3 is 1. The Morgan fingerprint density at radius 1 is 1.44 bits per heavy atom. The zero-order valence-corrected chi connectivity index (χ0v) is 11.6. The van der Waals surface area contributed by atoms with Crippen molar-refractivity contribution in [1.82, 2.24) is 0 Å². The van der Waals surface area contributed by atoms with Crippen LogP contribution in [0.3, 0.4) is 0 Å². The first kappa shape index (κ1) is 14.8. The highest BCUT2D eigenvalue weighted by Crippen LogP contribution is 2.28.